The minimum atomic E-state index is -0.00153. The Morgan fingerprint density at radius 3 is 2.95 bits per heavy atom. The number of carbonyl (C=O) groups excluding carboxylic acids is 1. The van der Waals surface area contributed by atoms with Crippen molar-refractivity contribution in [2.75, 3.05) is 19.6 Å². The fraction of sp³-hybridized carbons (Fsp3) is 0.500. The minimum absolute atomic E-state index is 0.00153. The molecule has 1 aromatic carbocycles. The second kappa shape index (κ2) is 6.39. The van der Waals surface area contributed by atoms with Crippen LogP contribution in [-0.4, -0.2) is 41.6 Å². The molecule has 0 bridgehead atoms. The number of nitrogens with one attached hydrogen (secondary N) is 1. The lowest BCUT2D eigenvalue weighted by Gasteiger charge is -2.28. The molecule has 0 saturated carbocycles. The van der Waals surface area contributed by atoms with Gasteiger partial charge in [0.1, 0.15) is 5.75 Å². The van der Waals surface area contributed by atoms with Crippen LogP contribution in [0.15, 0.2) is 22.7 Å². The van der Waals surface area contributed by atoms with Crippen LogP contribution >= 0.6 is 15.9 Å². The van der Waals surface area contributed by atoms with Gasteiger partial charge in [0, 0.05) is 24.7 Å². The van der Waals surface area contributed by atoms with E-state index in [1.165, 1.54) is 6.07 Å². The SMILES string of the molecule is CCCN(C(=O)c1ccc(Br)c(O)c1)C1CCNC1. The maximum absolute atomic E-state index is 12.6. The number of phenols is 1. The van der Waals surface area contributed by atoms with E-state index in [9.17, 15) is 9.90 Å². The molecule has 0 aliphatic carbocycles. The Morgan fingerprint density at radius 1 is 1.58 bits per heavy atom. The molecule has 1 saturated heterocycles. The van der Waals surface area contributed by atoms with Crippen LogP contribution in [0.5, 0.6) is 5.75 Å². The number of hydrogen-bond donors (Lipinski definition) is 2. The molecular weight excluding hydrogens is 308 g/mol. The standard InChI is InChI=1S/C14H19BrN2O2/c1-2-7-17(11-5-6-16-9-11)14(19)10-3-4-12(15)13(18)8-10/h3-4,8,11,16,18H,2,5-7,9H2,1H3. The van der Waals surface area contributed by atoms with E-state index < -0.39 is 0 Å². The normalized spacial score (nSPS) is 18.5. The van der Waals surface area contributed by atoms with E-state index in [0.29, 0.717) is 10.0 Å². The summed E-state index contributed by atoms with van der Waals surface area (Å²) in [5.74, 6) is 0.102. The fourth-order valence-corrected chi connectivity index (χ4v) is 2.65. The van der Waals surface area contributed by atoms with Crippen molar-refractivity contribution in [1.82, 2.24) is 10.2 Å². The van der Waals surface area contributed by atoms with Gasteiger partial charge in [0.2, 0.25) is 0 Å². The molecule has 0 spiro atoms. The van der Waals surface area contributed by atoms with Crippen LogP contribution in [-0.2, 0) is 0 Å². The van der Waals surface area contributed by atoms with Gasteiger partial charge in [0.15, 0.2) is 0 Å². The second-order valence-corrected chi connectivity index (χ2v) is 5.67. The van der Waals surface area contributed by atoms with Crippen molar-refractivity contribution in [2.24, 2.45) is 0 Å². The number of halogens is 1. The topological polar surface area (TPSA) is 52.6 Å². The number of hydrogen-bond acceptors (Lipinski definition) is 3. The van der Waals surface area contributed by atoms with Gasteiger partial charge < -0.3 is 15.3 Å². The van der Waals surface area contributed by atoms with Crippen molar-refractivity contribution >= 4 is 21.8 Å². The van der Waals surface area contributed by atoms with Gasteiger partial charge in [-0.25, -0.2) is 0 Å². The van der Waals surface area contributed by atoms with Gasteiger partial charge in [-0.1, -0.05) is 6.92 Å². The molecule has 1 fully saturated rings. The first kappa shape index (κ1) is 14.3. The third-order valence-corrected chi connectivity index (χ3v) is 4.06. The minimum Gasteiger partial charge on any atom is -0.507 e. The molecule has 0 radical (unpaired) electrons. The summed E-state index contributed by atoms with van der Waals surface area (Å²) in [4.78, 5) is 14.5. The van der Waals surface area contributed by atoms with Gasteiger partial charge >= 0.3 is 0 Å². The van der Waals surface area contributed by atoms with Crippen LogP contribution in [0.2, 0.25) is 0 Å². The van der Waals surface area contributed by atoms with Gasteiger partial charge in [-0.2, -0.15) is 0 Å². The Balaban J connectivity index is 2.20. The van der Waals surface area contributed by atoms with E-state index in [-0.39, 0.29) is 17.7 Å². The van der Waals surface area contributed by atoms with Crippen molar-refractivity contribution in [3.8, 4) is 5.75 Å². The Bertz CT molecular complexity index is 459. The number of carbonyl (C=O) groups is 1. The average molecular weight is 327 g/mol. The van der Waals surface area contributed by atoms with Crippen LogP contribution in [0.4, 0.5) is 0 Å². The summed E-state index contributed by atoms with van der Waals surface area (Å²) >= 11 is 3.23. The number of phenolic OH excluding ortho intramolecular Hbond substituents is 1. The van der Waals surface area contributed by atoms with Crippen molar-refractivity contribution < 1.29 is 9.90 Å². The molecular formula is C14H19BrN2O2. The van der Waals surface area contributed by atoms with Crippen molar-refractivity contribution in [3.05, 3.63) is 28.2 Å². The Morgan fingerprint density at radius 2 is 2.37 bits per heavy atom. The molecule has 19 heavy (non-hydrogen) atoms. The maximum Gasteiger partial charge on any atom is 0.254 e. The van der Waals surface area contributed by atoms with E-state index in [0.717, 1.165) is 32.5 Å². The quantitative estimate of drug-likeness (QED) is 0.893. The van der Waals surface area contributed by atoms with E-state index in [1.54, 1.807) is 12.1 Å². The van der Waals surface area contributed by atoms with Gasteiger partial charge in [-0.05, 0) is 53.5 Å². The van der Waals surface area contributed by atoms with Crippen LogP contribution < -0.4 is 5.32 Å². The maximum atomic E-state index is 12.6. The molecule has 1 aliphatic heterocycles. The molecule has 2 rings (SSSR count). The summed E-state index contributed by atoms with van der Waals surface area (Å²) in [6.45, 7) is 4.64. The summed E-state index contributed by atoms with van der Waals surface area (Å²) in [6.07, 6.45) is 1.93. The zero-order valence-corrected chi connectivity index (χ0v) is 12.6. The molecule has 1 unspecified atom stereocenters. The summed E-state index contributed by atoms with van der Waals surface area (Å²) < 4.78 is 0.605. The molecule has 2 N–H and O–H groups in total. The predicted molar refractivity (Wildman–Crippen MR) is 78.4 cm³/mol. The first-order valence-electron chi connectivity index (χ1n) is 6.63. The smallest absolute Gasteiger partial charge is 0.254 e. The number of aromatic hydroxyl groups is 1. The van der Waals surface area contributed by atoms with Crippen molar-refractivity contribution in [2.45, 2.75) is 25.8 Å². The van der Waals surface area contributed by atoms with Crippen LogP contribution in [0.1, 0.15) is 30.1 Å². The average Bonchev–Trinajstić information content (AvgIpc) is 2.92. The number of benzene rings is 1. The Labute approximate surface area is 121 Å². The lowest BCUT2D eigenvalue weighted by atomic mass is 10.1. The highest BCUT2D eigenvalue weighted by Crippen LogP contribution is 2.25. The highest BCUT2D eigenvalue weighted by atomic mass is 79.9. The zero-order chi connectivity index (χ0) is 13.8. The van der Waals surface area contributed by atoms with Crippen molar-refractivity contribution in [1.29, 1.82) is 0 Å². The molecule has 1 aliphatic rings. The highest BCUT2D eigenvalue weighted by Gasteiger charge is 2.26. The largest absolute Gasteiger partial charge is 0.507 e. The molecule has 4 nitrogen and oxygen atoms in total. The summed E-state index contributed by atoms with van der Waals surface area (Å²) in [5.41, 5.74) is 0.543. The second-order valence-electron chi connectivity index (χ2n) is 4.81. The lowest BCUT2D eigenvalue weighted by molar-refractivity contribution is 0.0692. The van der Waals surface area contributed by atoms with E-state index >= 15 is 0 Å². The van der Waals surface area contributed by atoms with E-state index in [1.807, 2.05) is 4.90 Å². The summed E-state index contributed by atoms with van der Waals surface area (Å²) in [5, 5.41) is 13.0. The van der Waals surface area contributed by atoms with Gasteiger partial charge in [0.25, 0.3) is 5.91 Å². The Hall–Kier alpha value is -1.07. The summed E-state index contributed by atoms with van der Waals surface area (Å²) in [6, 6.07) is 5.24. The molecule has 1 atom stereocenters. The van der Waals surface area contributed by atoms with E-state index in [4.69, 9.17) is 0 Å². The highest BCUT2D eigenvalue weighted by molar-refractivity contribution is 9.10. The fourth-order valence-electron chi connectivity index (χ4n) is 2.41. The van der Waals surface area contributed by atoms with Crippen molar-refractivity contribution in [3.63, 3.8) is 0 Å². The van der Waals surface area contributed by atoms with Gasteiger partial charge in [-0.3, -0.25) is 4.79 Å². The molecule has 1 aromatic rings. The summed E-state index contributed by atoms with van der Waals surface area (Å²) in [7, 11) is 0. The number of rotatable bonds is 4. The predicted octanol–water partition coefficient (Wildman–Crippen LogP) is 2.37. The monoisotopic (exact) mass is 326 g/mol. The molecule has 5 heteroatoms. The molecule has 1 amide bonds. The zero-order valence-electron chi connectivity index (χ0n) is 11.0. The first-order chi connectivity index (χ1) is 9.13. The Kier molecular flexibility index (Phi) is 4.82. The van der Waals surface area contributed by atoms with Crippen LogP contribution in [0.3, 0.4) is 0 Å². The van der Waals surface area contributed by atoms with E-state index in [2.05, 4.69) is 28.2 Å². The number of nitrogens with zero attached hydrogens (tertiary/aromatic N) is 1. The van der Waals surface area contributed by atoms with Gasteiger partial charge in [0.05, 0.1) is 4.47 Å². The van der Waals surface area contributed by atoms with Gasteiger partial charge in [-0.15, -0.1) is 0 Å². The third kappa shape index (κ3) is 3.28. The third-order valence-electron chi connectivity index (χ3n) is 3.39. The lowest BCUT2D eigenvalue weighted by Crippen LogP contribution is -2.42. The van der Waals surface area contributed by atoms with Crippen LogP contribution in [0.25, 0.3) is 0 Å². The molecule has 0 aromatic heterocycles. The van der Waals surface area contributed by atoms with Crippen LogP contribution in [0, 0.1) is 0 Å². The first-order valence-corrected chi connectivity index (χ1v) is 7.43. The molecule has 104 valence electrons. The molecule has 1 heterocycles. The number of amides is 1.